The fourth-order valence-electron chi connectivity index (χ4n) is 2.45. The van der Waals surface area contributed by atoms with Crippen LogP contribution in [0.5, 0.6) is 0 Å². The number of nitrogens with zero attached hydrogens (tertiary/aromatic N) is 1. The topological polar surface area (TPSA) is 35.5 Å². The SMILES string of the molecule is Cl.OCC1(F)CCN(C2CCCNC2)C1. The third kappa shape index (κ3) is 3.03. The van der Waals surface area contributed by atoms with Crippen molar-refractivity contribution in [1.82, 2.24) is 10.2 Å². The van der Waals surface area contributed by atoms with Crippen molar-refractivity contribution in [2.45, 2.75) is 31.0 Å². The van der Waals surface area contributed by atoms with Gasteiger partial charge in [0.15, 0.2) is 0 Å². The van der Waals surface area contributed by atoms with Crippen molar-refractivity contribution in [3.63, 3.8) is 0 Å². The molecule has 90 valence electrons. The third-order valence-corrected chi connectivity index (χ3v) is 3.40. The minimum Gasteiger partial charge on any atom is -0.393 e. The van der Waals surface area contributed by atoms with E-state index in [-0.39, 0.29) is 19.0 Å². The van der Waals surface area contributed by atoms with Gasteiger partial charge in [-0.05, 0) is 25.8 Å². The number of likely N-dealkylation sites (tertiary alicyclic amines) is 1. The zero-order valence-corrected chi connectivity index (χ0v) is 9.73. The van der Waals surface area contributed by atoms with Crippen LogP contribution in [0.25, 0.3) is 0 Å². The van der Waals surface area contributed by atoms with Crippen LogP contribution in [0, 0.1) is 0 Å². The quantitative estimate of drug-likeness (QED) is 0.738. The monoisotopic (exact) mass is 238 g/mol. The van der Waals surface area contributed by atoms with Crippen LogP contribution in [0.4, 0.5) is 4.39 Å². The Morgan fingerprint density at radius 1 is 1.53 bits per heavy atom. The zero-order chi connectivity index (χ0) is 10.0. The summed E-state index contributed by atoms with van der Waals surface area (Å²) in [7, 11) is 0. The number of rotatable bonds is 2. The van der Waals surface area contributed by atoms with Gasteiger partial charge in [-0.2, -0.15) is 0 Å². The molecule has 0 saturated carbocycles. The maximum Gasteiger partial charge on any atom is 0.147 e. The lowest BCUT2D eigenvalue weighted by atomic mass is 10.1. The number of piperidine rings is 1. The van der Waals surface area contributed by atoms with Crippen molar-refractivity contribution in [3.8, 4) is 0 Å². The van der Waals surface area contributed by atoms with Gasteiger partial charge in [0.2, 0.25) is 0 Å². The van der Waals surface area contributed by atoms with Crippen molar-refractivity contribution < 1.29 is 9.50 Å². The Labute approximate surface area is 96.4 Å². The van der Waals surface area contributed by atoms with E-state index in [2.05, 4.69) is 10.2 Å². The Hall–Kier alpha value is 0.1000. The summed E-state index contributed by atoms with van der Waals surface area (Å²) in [5.41, 5.74) is -1.34. The molecule has 3 nitrogen and oxygen atoms in total. The van der Waals surface area contributed by atoms with Crippen LogP contribution < -0.4 is 5.32 Å². The second-order valence-corrected chi connectivity index (χ2v) is 4.53. The van der Waals surface area contributed by atoms with Crippen molar-refractivity contribution in [1.29, 1.82) is 0 Å². The van der Waals surface area contributed by atoms with Crippen molar-refractivity contribution in [2.75, 3.05) is 32.8 Å². The Balaban J connectivity index is 0.00000112. The fraction of sp³-hybridized carbons (Fsp3) is 1.00. The summed E-state index contributed by atoms with van der Waals surface area (Å²) < 4.78 is 13.7. The number of nitrogens with one attached hydrogen (secondary N) is 1. The molecule has 0 aromatic heterocycles. The Bertz CT molecular complexity index is 202. The normalized spacial score (nSPS) is 37.6. The van der Waals surface area contributed by atoms with E-state index < -0.39 is 5.67 Å². The highest BCUT2D eigenvalue weighted by Crippen LogP contribution is 2.27. The molecular weight excluding hydrogens is 219 g/mol. The molecule has 5 heteroatoms. The third-order valence-electron chi connectivity index (χ3n) is 3.40. The Morgan fingerprint density at radius 2 is 2.33 bits per heavy atom. The average molecular weight is 239 g/mol. The van der Waals surface area contributed by atoms with Gasteiger partial charge in [0.05, 0.1) is 6.61 Å². The number of aliphatic hydroxyl groups is 1. The van der Waals surface area contributed by atoms with Gasteiger partial charge in [-0.25, -0.2) is 4.39 Å². The average Bonchev–Trinajstić information content (AvgIpc) is 2.63. The molecule has 2 heterocycles. The van der Waals surface area contributed by atoms with Crippen LogP contribution >= 0.6 is 12.4 Å². The summed E-state index contributed by atoms with van der Waals surface area (Å²) >= 11 is 0. The van der Waals surface area contributed by atoms with Crippen LogP contribution in [0.1, 0.15) is 19.3 Å². The molecule has 2 rings (SSSR count). The van der Waals surface area contributed by atoms with Crippen molar-refractivity contribution >= 4 is 12.4 Å². The van der Waals surface area contributed by atoms with E-state index in [1.54, 1.807) is 0 Å². The standard InChI is InChI=1S/C10H19FN2O.ClH/c11-10(8-14)3-5-13(7-10)9-2-1-4-12-6-9;/h9,12,14H,1-8H2;1H. The molecule has 0 aliphatic carbocycles. The first-order chi connectivity index (χ1) is 6.73. The van der Waals surface area contributed by atoms with Crippen molar-refractivity contribution in [2.24, 2.45) is 0 Å². The Kier molecular flexibility index (Phi) is 4.77. The largest absolute Gasteiger partial charge is 0.393 e. The highest BCUT2D eigenvalue weighted by atomic mass is 35.5. The van der Waals surface area contributed by atoms with Gasteiger partial charge >= 0.3 is 0 Å². The summed E-state index contributed by atoms with van der Waals surface area (Å²) in [5, 5.41) is 12.3. The minimum absolute atomic E-state index is 0. The summed E-state index contributed by atoms with van der Waals surface area (Å²) in [6, 6.07) is 0.480. The van der Waals surface area contributed by atoms with E-state index in [4.69, 9.17) is 5.11 Å². The molecule has 0 amide bonds. The van der Waals surface area contributed by atoms with Crippen LogP contribution in [-0.4, -0.2) is 54.5 Å². The molecule has 2 saturated heterocycles. The first kappa shape index (κ1) is 13.2. The molecule has 15 heavy (non-hydrogen) atoms. The molecule has 2 aliphatic rings. The lowest BCUT2D eigenvalue weighted by molar-refractivity contribution is 0.0690. The van der Waals surface area contributed by atoms with E-state index in [0.29, 0.717) is 19.0 Å². The predicted octanol–water partition coefficient (Wildman–Crippen LogP) is 0.567. The molecule has 2 N–H and O–H groups in total. The van der Waals surface area contributed by atoms with E-state index in [0.717, 1.165) is 26.1 Å². The summed E-state index contributed by atoms with van der Waals surface area (Å²) in [4.78, 5) is 2.18. The maximum absolute atomic E-state index is 13.7. The smallest absolute Gasteiger partial charge is 0.147 e. The number of halogens is 2. The van der Waals surface area contributed by atoms with Crippen molar-refractivity contribution in [3.05, 3.63) is 0 Å². The molecule has 2 atom stereocenters. The van der Waals surface area contributed by atoms with Gasteiger partial charge in [-0.15, -0.1) is 12.4 Å². The van der Waals surface area contributed by atoms with Gasteiger partial charge in [0, 0.05) is 25.7 Å². The number of alkyl halides is 1. The first-order valence-electron chi connectivity index (χ1n) is 5.48. The van der Waals surface area contributed by atoms with Gasteiger partial charge in [-0.3, -0.25) is 4.90 Å². The van der Waals surface area contributed by atoms with Gasteiger partial charge < -0.3 is 10.4 Å². The van der Waals surface area contributed by atoms with Gasteiger partial charge in [0.1, 0.15) is 5.67 Å². The lowest BCUT2D eigenvalue weighted by Crippen LogP contribution is -2.46. The highest BCUT2D eigenvalue weighted by molar-refractivity contribution is 5.85. The molecule has 2 unspecified atom stereocenters. The number of hydrogen-bond donors (Lipinski definition) is 2. The van der Waals surface area contributed by atoms with Crippen LogP contribution in [0.2, 0.25) is 0 Å². The summed E-state index contributed by atoms with van der Waals surface area (Å²) in [6.45, 7) is 2.94. The molecule has 0 spiro atoms. The fourth-order valence-corrected chi connectivity index (χ4v) is 2.45. The van der Waals surface area contributed by atoms with Crippen LogP contribution in [0.15, 0.2) is 0 Å². The summed E-state index contributed by atoms with van der Waals surface area (Å²) in [5.74, 6) is 0. The molecule has 2 aliphatic heterocycles. The number of hydrogen-bond acceptors (Lipinski definition) is 3. The number of aliphatic hydroxyl groups excluding tert-OH is 1. The molecule has 0 bridgehead atoms. The predicted molar refractivity (Wildman–Crippen MR) is 60.3 cm³/mol. The van der Waals surface area contributed by atoms with Crippen LogP contribution in [0.3, 0.4) is 0 Å². The second-order valence-electron chi connectivity index (χ2n) is 4.53. The maximum atomic E-state index is 13.7. The van der Waals surface area contributed by atoms with E-state index in [1.165, 1.54) is 6.42 Å². The van der Waals surface area contributed by atoms with E-state index in [9.17, 15) is 4.39 Å². The molecule has 0 aromatic carbocycles. The zero-order valence-electron chi connectivity index (χ0n) is 8.91. The van der Waals surface area contributed by atoms with Crippen LogP contribution in [-0.2, 0) is 0 Å². The Morgan fingerprint density at radius 3 is 2.87 bits per heavy atom. The molecular formula is C10H20ClFN2O. The highest BCUT2D eigenvalue weighted by Gasteiger charge is 2.40. The lowest BCUT2D eigenvalue weighted by Gasteiger charge is -2.31. The van der Waals surface area contributed by atoms with E-state index >= 15 is 0 Å². The molecule has 2 fully saturated rings. The van der Waals surface area contributed by atoms with Gasteiger partial charge in [0.25, 0.3) is 0 Å². The molecule has 0 aromatic rings. The van der Waals surface area contributed by atoms with E-state index in [1.807, 2.05) is 0 Å². The minimum atomic E-state index is -1.34. The first-order valence-corrected chi connectivity index (χ1v) is 5.48. The van der Waals surface area contributed by atoms with Gasteiger partial charge in [-0.1, -0.05) is 0 Å². The summed E-state index contributed by atoms with van der Waals surface area (Å²) in [6.07, 6.45) is 2.83. The molecule has 0 radical (unpaired) electrons. The second kappa shape index (κ2) is 5.43.